The molecule has 0 amide bonds. The second-order valence-electron chi connectivity index (χ2n) is 4.48. The zero-order valence-electron chi connectivity index (χ0n) is 10.3. The van der Waals surface area contributed by atoms with E-state index in [9.17, 15) is 10.1 Å². The number of rotatable bonds is 3. The molecular weight excluding hydrogens is 254 g/mol. The topological polar surface area (TPSA) is 58.4 Å². The summed E-state index contributed by atoms with van der Waals surface area (Å²) in [6, 6.07) is 7.42. The fourth-order valence-electron chi connectivity index (χ4n) is 2.22. The van der Waals surface area contributed by atoms with E-state index < -0.39 is 0 Å². The summed E-state index contributed by atoms with van der Waals surface area (Å²) >= 11 is 0. The third-order valence-electron chi connectivity index (χ3n) is 3.04. The molecule has 0 aromatic heterocycles. The minimum atomic E-state index is -0.305. The van der Waals surface area contributed by atoms with Crippen LogP contribution in [0.5, 0.6) is 0 Å². The maximum absolute atomic E-state index is 10.9. The first kappa shape index (κ1) is 14.9. The summed E-state index contributed by atoms with van der Waals surface area (Å²) in [5, 5.41) is 14.3. The quantitative estimate of drug-likeness (QED) is 0.673. The van der Waals surface area contributed by atoms with Crippen molar-refractivity contribution in [3.05, 3.63) is 39.9 Å². The normalized spacial score (nSPS) is 20.2. The van der Waals surface area contributed by atoms with Gasteiger partial charge in [-0.25, -0.2) is 0 Å². The summed E-state index contributed by atoms with van der Waals surface area (Å²) in [7, 11) is 0. The second kappa shape index (κ2) is 6.68. The van der Waals surface area contributed by atoms with Gasteiger partial charge in [-0.15, -0.1) is 12.4 Å². The van der Waals surface area contributed by atoms with E-state index in [0.717, 1.165) is 25.2 Å². The maximum atomic E-state index is 10.9. The van der Waals surface area contributed by atoms with Crippen LogP contribution in [0.15, 0.2) is 24.3 Å². The number of nitrogens with one attached hydrogen (secondary N) is 1. The third kappa shape index (κ3) is 3.66. The van der Waals surface area contributed by atoms with Crippen molar-refractivity contribution in [3.8, 4) is 0 Å². The summed E-state index contributed by atoms with van der Waals surface area (Å²) in [5.74, 6) is 0. The van der Waals surface area contributed by atoms with Crippen LogP contribution in [0.1, 0.15) is 12.5 Å². The van der Waals surface area contributed by atoms with E-state index in [1.807, 2.05) is 12.1 Å². The molecule has 0 bridgehead atoms. The van der Waals surface area contributed by atoms with E-state index >= 15 is 0 Å². The Hall–Kier alpha value is -1.17. The molecule has 1 fully saturated rings. The average molecular weight is 272 g/mol. The number of benzene rings is 1. The Morgan fingerprint density at radius 1 is 1.50 bits per heavy atom. The zero-order valence-corrected chi connectivity index (χ0v) is 11.2. The predicted octanol–water partition coefficient (Wildman–Crippen LogP) is 1.81. The molecule has 100 valence electrons. The van der Waals surface area contributed by atoms with Gasteiger partial charge >= 0.3 is 0 Å². The van der Waals surface area contributed by atoms with E-state index in [0.29, 0.717) is 12.6 Å². The first-order chi connectivity index (χ1) is 8.16. The van der Waals surface area contributed by atoms with E-state index in [1.54, 1.807) is 12.1 Å². The van der Waals surface area contributed by atoms with Crippen LogP contribution in [0.3, 0.4) is 0 Å². The van der Waals surface area contributed by atoms with Gasteiger partial charge in [-0.2, -0.15) is 0 Å². The van der Waals surface area contributed by atoms with Gasteiger partial charge in [-0.05, 0) is 6.92 Å². The highest BCUT2D eigenvalue weighted by atomic mass is 35.5. The molecule has 6 heteroatoms. The highest BCUT2D eigenvalue weighted by Crippen LogP contribution is 2.19. The first-order valence-corrected chi connectivity index (χ1v) is 5.85. The minimum Gasteiger partial charge on any atom is -0.312 e. The minimum absolute atomic E-state index is 0. The van der Waals surface area contributed by atoms with Crippen molar-refractivity contribution < 1.29 is 4.92 Å². The van der Waals surface area contributed by atoms with Crippen molar-refractivity contribution in [1.82, 2.24) is 10.2 Å². The predicted molar refractivity (Wildman–Crippen MR) is 73.1 cm³/mol. The molecular formula is C12H18ClN3O2. The standard InChI is InChI=1S/C12H17N3O2.ClH/c1-10-8-14(7-6-13-10)9-11-4-2-3-5-12(11)15(16)17;/h2-5,10,13H,6-9H2,1H3;1H. The Morgan fingerprint density at radius 3 is 2.89 bits per heavy atom. The molecule has 0 radical (unpaired) electrons. The molecule has 1 saturated heterocycles. The summed E-state index contributed by atoms with van der Waals surface area (Å²) in [6.07, 6.45) is 0. The van der Waals surface area contributed by atoms with Gasteiger partial charge in [0, 0.05) is 43.9 Å². The molecule has 1 aliphatic heterocycles. The van der Waals surface area contributed by atoms with E-state index in [-0.39, 0.29) is 23.0 Å². The number of nitro groups is 1. The van der Waals surface area contributed by atoms with Crippen LogP contribution in [0, 0.1) is 10.1 Å². The van der Waals surface area contributed by atoms with Crippen molar-refractivity contribution in [1.29, 1.82) is 0 Å². The van der Waals surface area contributed by atoms with Gasteiger partial charge in [-0.1, -0.05) is 18.2 Å². The average Bonchev–Trinajstić information content (AvgIpc) is 2.29. The Bertz CT molecular complexity index is 414. The van der Waals surface area contributed by atoms with Gasteiger partial charge in [0.25, 0.3) is 5.69 Å². The number of piperazine rings is 1. The highest BCUT2D eigenvalue weighted by Gasteiger charge is 2.19. The lowest BCUT2D eigenvalue weighted by Gasteiger charge is -2.31. The van der Waals surface area contributed by atoms with Crippen molar-refractivity contribution in [3.63, 3.8) is 0 Å². The molecule has 0 spiro atoms. The lowest BCUT2D eigenvalue weighted by Crippen LogP contribution is -2.48. The summed E-state index contributed by atoms with van der Waals surface area (Å²) < 4.78 is 0. The van der Waals surface area contributed by atoms with Gasteiger partial charge < -0.3 is 5.32 Å². The lowest BCUT2D eigenvalue weighted by atomic mass is 10.1. The van der Waals surface area contributed by atoms with Crippen molar-refractivity contribution in [2.75, 3.05) is 19.6 Å². The van der Waals surface area contributed by atoms with Gasteiger partial charge in [0.2, 0.25) is 0 Å². The molecule has 1 heterocycles. The first-order valence-electron chi connectivity index (χ1n) is 5.85. The van der Waals surface area contributed by atoms with E-state index in [2.05, 4.69) is 17.1 Å². The fraction of sp³-hybridized carbons (Fsp3) is 0.500. The molecule has 1 unspecified atom stereocenters. The molecule has 0 saturated carbocycles. The molecule has 1 aliphatic rings. The molecule has 2 rings (SSSR count). The zero-order chi connectivity index (χ0) is 12.3. The van der Waals surface area contributed by atoms with Crippen LogP contribution in [-0.4, -0.2) is 35.5 Å². The van der Waals surface area contributed by atoms with Crippen LogP contribution in [0.2, 0.25) is 0 Å². The Kier molecular flexibility index (Phi) is 5.53. The molecule has 18 heavy (non-hydrogen) atoms. The fourth-order valence-corrected chi connectivity index (χ4v) is 2.22. The summed E-state index contributed by atoms with van der Waals surface area (Å²) in [5.41, 5.74) is 1.02. The van der Waals surface area contributed by atoms with Crippen LogP contribution < -0.4 is 5.32 Å². The molecule has 1 aromatic rings. The van der Waals surface area contributed by atoms with Crippen LogP contribution in [0.25, 0.3) is 0 Å². The Balaban J connectivity index is 0.00000162. The van der Waals surface area contributed by atoms with Crippen molar-refractivity contribution in [2.45, 2.75) is 19.5 Å². The number of para-hydroxylation sites is 1. The van der Waals surface area contributed by atoms with E-state index in [1.165, 1.54) is 0 Å². The van der Waals surface area contributed by atoms with E-state index in [4.69, 9.17) is 0 Å². The largest absolute Gasteiger partial charge is 0.312 e. The molecule has 1 N–H and O–H groups in total. The van der Waals surface area contributed by atoms with Crippen LogP contribution in [-0.2, 0) is 6.54 Å². The number of hydrogen-bond acceptors (Lipinski definition) is 4. The number of halogens is 1. The summed E-state index contributed by atoms with van der Waals surface area (Å²) in [4.78, 5) is 12.9. The van der Waals surface area contributed by atoms with Crippen LogP contribution >= 0.6 is 12.4 Å². The van der Waals surface area contributed by atoms with Gasteiger partial charge in [-0.3, -0.25) is 15.0 Å². The van der Waals surface area contributed by atoms with Gasteiger partial charge in [0.15, 0.2) is 0 Å². The molecule has 5 nitrogen and oxygen atoms in total. The van der Waals surface area contributed by atoms with Gasteiger partial charge in [0.1, 0.15) is 0 Å². The Morgan fingerprint density at radius 2 is 2.22 bits per heavy atom. The molecule has 1 atom stereocenters. The van der Waals surface area contributed by atoms with Gasteiger partial charge in [0.05, 0.1) is 4.92 Å². The lowest BCUT2D eigenvalue weighted by molar-refractivity contribution is -0.385. The smallest absolute Gasteiger partial charge is 0.273 e. The third-order valence-corrected chi connectivity index (χ3v) is 3.04. The number of nitro benzene ring substituents is 1. The van der Waals surface area contributed by atoms with Crippen molar-refractivity contribution >= 4 is 18.1 Å². The molecule has 0 aliphatic carbocycles. The Labute approximate surface area is 113 Å². The number of nitrogens with zero attached hydrogens (tertiary/aromatic N) is 2. The second-order valence-corrected chi connectivity index (χ2v) is 4.48. The molecule has 1 aromatic carbocycles. The monoisotopic (exact) mass is 271 g/mol. The maximum Gasteiger partial charge on any atom is 0.273 e. The van der Waals surface area contributed by atoms with Crippen LogP contribution in [0.4, 0.5) is 5.69 Å². The summed E-state index contributed by atoms with van der Waals surface area (Å²) in [6.45, 7) is 5.61. The number of hydrogen-bond donors (Lipinski definition) is 1. The SMILES string of the molecule is CC1CN(Cc2ccccc2[N+](=O)[O-])CCN1.Cl. The highest BCUT2D eigenvalue weighted by molar-refractivity contribution is 5.85. The van der Waals surface area contributed by atoms with Crippen molar-refractivity contribution in [2.24, 2.45) is 0 Å².